The van der Waals surface area contributed by atoms with Crippen molar-refractivity contribution < 1.29 is 4.79 Å². The summed E-state index contributed by atoms with van der Waals surface area (Å²) in [6, 6.07) is 15.3. The molecule has 0 unspecified atom stereocenters. The zero-order valence-electron chi connectivity index (χ0n) is 15.4. The van der Waals surface area contributed by atoms with Gasteiger partial charge in [-0.3, -0.25) is 4.79 Å². The number of halogens is 1. The van der Waals surface area contributed by atoms with Gasteiger partial charge >= 0.3 is 0 Å². The van der Waals surface area contributed by atoms with Crippen molar-refractivity contribution in [2.24, 2.45) is 5.10 Å². The van der Waals surface area contributed by atoms with Crippen LogP contribution in [0.15, 0.2) is 68.2 Å². The number of nitrogens with one attached hydrogen (secondary N) is 2. The number of benzene rings is 2. The van der Waals surface area contributed by atoms with Crippen molar-refractivity contribution in [2.45, 2.75) is 10.1 Å². The Kier molecular flexibility index (Phi) is 7.55. The number of carbonyl (C=O) groups is 1. The van der Waals surface area contributed by atoms with Crippen molar-refractivity contribution in [2.75, 3.05) is 28.6 Å². The van der Waals surface area contributed by atoms with Crippen molar-refractivity contribution in [1.29, 1.82) is 0 Å². The fourth-order valence-electron chi connectivity index (χ4n) is 2.23. The van der Waals surface area contributed by atoms with Gasteiger partial charge in [0.05, 0.1) is 17.7 Å². The van der Waals surface area contributed by atoms with Crippen LogP contribution in [0.25, 0.3) is 0 Å². The highest BCUT2D eigenvalue weighted by Gasteiger charge is 2.13. The molecule has 1 amide bonds. The molecule has 1 aromatic heterocycles. The number of para-hydroxylation sites is 1. The van der Waals surface area contributed by atoms with Gasteiger partial charge in [0.1, 0.15) is 0 Å². The molecule has 0 saturated heterocycles. The molecule has 0 spiro atoms. The van der Waals surface area contributed by atoms with Gasteiger partial charge in [-0.2, -0.15) is 5.10 Å². The van der Waals surface area contributed by atoms with Gasteiger partial charge in [-0.15, -0.1) is 22.0 Å². The molecule has 4 N–H and O–H groups in total. The second kappa shape index (κ2) is 10.3. The largest absolute Gasteiger partial charge is 0.334 e. The van der Waals surface area contributed by atoms with Gasteiger partial charge in [0.2, 0.25) is 11.1 Å². The Hall–Kier alpha value is -2.50. The third-order valence-electron chi connectivity index (χ3n) is 3.63. The molecule has 1 heterocycles. The molecule has 0 aliphatic carbocycles. The SMILES string of the molecule is CSc1ccccc1NC(=O)CSc1nnc(N/N=C/c2ccc(Br)cc2)n1N. The predicted molar refractivity (Wildman–Crippen MR) is 123 cm³/mol. The average Bonchev–Trinajstić information content (AvgIpc) is 3.08. The molecule has 0 atom stereocenters. The quantitative estimate of drug-likeness (QED) is 0.191. The summed E-state index contributed by atoms with van der Waals surface area (Å²) in [6.45, 7) is 0. The highest BCUT2D eigenvalue weighted by atomic mass is 79.9. The highest BCUT2D eigenvalue weighted by Crippen LogP contribution is 2.25. The predicted octanol–water partition coefficient (Wildman–Crippen LogP) is 3.65. The number of hydrazone groups is 1. The minimum Gasteiger partial charge on any atom is -0.334 e. The average molecular weight is 492 g/mol. The standard InChI is InChI=1S/C18H18BrN7OS2/c1-28-15-5-3-2-4-14(15)22-16(27)11-29-18-25-24-17(26(18)20)23-21-10-12-6-8-13(19)9-7-12/h2-10H,11,20H2,1H3,(H,22,27)(H,23,24)/b21-10+. The van der Waals surface area contributed by atoms with Gasteiger partial charge in [-0.25, -0.2) is 10.1 Å². The van der Waals surface area contributed by atoms with Crippen LogP contribution in [0, 0.1) is 0 Å². The third kappa shape index (κ3) is 5.99. The molecule has 29 heavy (non-hydrogen) atoms. The maximum Gasteiger partial charge on any atom is 0.264 e. The maximum absolute atomic E-state index is 12.2. The smallest absolute Gasteiger partial charge is 0.264 e. The van der Waals surface area contributed by atoms with Crippen molar-refractivity contribution >= 4 is 63.2 Å². The van der Waals surface area contributed by atoms with Gasteiger partial charge in [-0.1, -0.05) is 52.0 Å². The molecule has 8 nitrogen and oxygen atoms in total. The van der Waals surface area contributed by atoms with Gasteiger partial charge in [0, 0.05) is 9.37 Å². The minimum atomic E-state index is -0.151. The highest BCUT2D eigenvalue weighted by molar-refractivity contribution is 9.10. The zero-order chi connectivity index (χ0) is 20.6. The summed E-state index contributed by atoms with van der Waals surface area (Å²) < 4.78 is 2.25. The Morgan fingerprint density at radius 3 is 2.76 bits per heavy atom. The number of hydrogen-bond donors (Lipinski definition) is 3. The molecule has 3 aromatic rings. The summed E-state index contributed by atoms with van der Waals surface area (Å²) in [7, 11) is 0. The van der Waals surface area contributed by atoms with Crippen LogP contribution in [-0.2, 0) is 4.79 Å². The topological polar surface area (TPSA) is 110 Å². The first-order valence-electron chi connectivity index (χ1n) is 8.37. The number of nitrogens with zero attached hydrogens (tertiary/aromatic N) is 4. The first-order chi connectivity index (χ1) is 14.1. The van der Waals surface area contributed by atoms with E-state index in [0.717, 1.165) is 20.6 Å². The normalized spacial score (nSPS) is 11.0. The van der Waals surface area contributed by atoms with E-state index >= 15 is 0 Å². The third-order valence-corrected chi connectivity index (χ3v) is 5.89. The van der Waals surface area contributed by atoms with Crippen molar-refractivity contribution in [3.63, 3.8) is 0 Å². The van der Waals surface area contributed by atoms with Crippen LogP contribution in [-0.4, -0.2) is 39.0 Å². The number of rotatable bonds is 8. The first kappa shape index (κ1) is 21.2. The van der Waals surface area contributed by atoms with Gasteiger partial charge < -0.3 is 11.2 Å². The minimum absolute atomic E-state index is 0.151. The fraction of sp³-hybridized carbons (Fsp3) is 0.111. The lowest BCUT2D eigenvalue weighted by Crippen LogP contribution is -2.17. The van der Waals surface area contributed by atoms with Crippen molar-refractivity contribution in [3.8, 4) is 0 Å². The Bertz CT molecular complexity index is 1010. The van der Waals surface area contributed by atoms with Gasteiger partial charge in [0.25, 0.3) is 5.95 Å². The molecule has 2 aromatic carbocycles. The summed E-state index contributed by atoms with van der Waals surface area (Å²) in [4.78, 5) is 13.2. The van der Waals surface area contributed by atoms with E-state index in [1.54, 1.807) is 18.0 Å². The van der Waals surface area contributed by atoms with E-state index in [1.807, 2.05) is 54.8 Å². The Labute approximate surface area is 184 Å². The van der Waals surface area contributed by atoms with E-state index in [-0.39, 0.29) is 17.6 Å². The van der Waals surface area contributed by atoms with Crippen LogP contribution in [0.5, 0.6) is 0 Å². The molecular weight excluding hydrogens is 474 g/mol. The molecule has 0 bridgehead atoms. The monoisotopic (exact) mass is 491 g/mol. The van der Waals surface area contributed by atoms with E-state index in [9.17, 15) is 4.79 Å². The Morgan fingerprint density at radius 1 is 1.24 bits per heavy atom. The lowest BCUT2D eigenvalue weighted by atomic mass is 10.2. The molecule has 0 radical (unpaired) electrons. The van der Waals surface area contributed by atoms with Crippen LogP contribution in [0.3, 0.4) is 0 Å². The van der Waals surface area contributed by atoms with Gasteiger partial charge in [-0.05, 0) is 36.1 Å². The molecule has 0 aliphatic rings. The van der Waals surface area contributed by atoms with Gasteiger partial charge in [0.15, 0.2) is 0 Å². The van der Waals surface area contributed by atoms with Crippen molar-refractivity contribution in [3.05, 3.63) is 58.6 Å². The number of amides is 1. The van der Waals surface area contributed by atoms with Crippen LogP contribution in [0.2, 0.25) is 0 Å². The fourth-order valence-corrected chi connectivity index (χ4v) is 3.70. The lowest BCUT2D eigenvalue weighted by Gasteiger charge is -2.08. The van der Waals surface area contributed by atoms with E-state index in [4.69, 9.17) is 5.84 Å². The molecule has 0 fully saturated rings. The summed E-state index contributed by atoms with van der Waals surface area (Å²) in [5.41, 5.74) is 4.44. The van der Waals surface area contributed by atoms with Crippen LogP contribution < -0.4 is 16.6 Å². The number of aromatic nitrogens is 3. The maximum atomic E-state index is 12.2. The number of anilines is 2. The Balaban J connectivity index is 1.54. The molecule has 11 heteroatoms. The second-order valence-electron chi connectivity index (χ2n) is 5.63. The van der Waals surface area contributed by atoms with E-state index in [1.165, 1.54) is 16.4 Å². The Morgan fingerprint density at radius 2 is 2.00 bits per heavy atom. The summed E-state index contributed by atoms with van der Waals surface area (Å²) >= 11 is 6.14. The number of carbonyl (C=O) groups excluding carboxylic acids is 1. The number of nitrogens with two attached hydrogens (primary N) is 1. The summed E-state index contributed by atoms with van der Waals surface area (Å²) in [5.74, 6) is 6.25. The van der Waals surface area contributed by atoms with E-state index < -0.39 is 0 Å². The number of hydrogen-bond acceptors (Lipinski definition) is 8. The number of nitrogen functional groups attached to an aromatic ring is 1. The number of thioether (sulfide) groups is 2. The van der Waals surface area contributed by atoms with Crippen LogP contribution in [0.4, 0.5) is 11.6 Å². The van der Waals surface area contributed by atoms with Crippen LogP contribution in [0.1, 0.15) is 5.56 Å². The zero-order valence-corrected chi connectivity index (χ0v) is 18.6. The lowest BCUT2D eigenvalue weighted by molar-refractivity contribution is -0.113. The molecular formula is C18H18BrN7OS2. The molecule has 150 valence electrons. The summed E-state index contributed by atoms with van der Waals surface area (Å²) in [5, 5.41) is 15.3. The molecule has 0 saturated carbocycles. The first-order valence-corrected chi connectivity index (χ1v) is 11.4. The van der Waals surface area contributed by atoms with Crippen molar-refractivity contribution in [1.82, 2.24) is 14.9 Å². The van der Waals surface area contributed by atoms with E-state index in [2.05, 4.69) is 42.0 Å². The second-order valence-corrected chi connectivity index (χ2v) is 8.34. The molecule has 0 aliphatic heterocycles. The van der Waals surface area contributed by atoms with E-state index in [0.29, 0.717) is 5.16 Å². The van der Waals surface area contributed by atoms with Crippen LogP contribution >= 0.6 is 39.5 Å². The molecule has 3 rings (SSSR count). The summed E-state index contributed by atoms with van der Waals surface area (Å²) in [6.07, 6.45) is 3.61.